The van der Waals surface area contributed by atoms with Crippen molar-refractivity contribution in [3.63, 3.8) is 0 Å². The van der Waals surface area contributed by atoms with Gasteiger partial charge < -0.3 is 0 Å². The van der Waals surface area contributed by atoms with Crippen LogP contribution in [0.3, 0.4) is 0 Å². The molecule has 0 saturated carbocycles. The summed E-state index contributed by atoms with van der Waals surface area (Å²) in [5.41, 5.74) is -0.0446. The fourth-order valence-electron chi connectivity index (χ4n) is 2.06. The predicted octanol–water partition coefficient (Wildman–Crippen LogP) is 3.01. The van der Waals surface area contributed by atoms with E-state index in [2.05, 4.69) is 29.8 Å². The van der Waals surface area contributed by atoms with E-state index in [0.29, 0.717) is 5.75 Å². The Morgan fingerprint density at radius 2 is 1.57 bits per heavy atom. The molecule has 0 aromatic heterocycles. The molecule has 86 valence electrons. The maximum Gasteiger partial charge on any atom is 0.148 e. The van der Waals surface area contributed by atoms with Crippen LogP contribution < -0.4 is 0 Å². The van der Waals surface area contributed by atoms with E-state index in [0.717, 1.165) is 31.0 Å². The second-order valence-corrected chi connectivity index (χ2v) is 6.90. The molecule has 0 spiro atoms. The minimum atomic E-state index is -2.87. The zero-order valence-electron chi connectivity index (χ0n) is 9.35. The van der Waals surface area contributed by atoms with E-state index in [4.69, 9.17) is 0 Å². The number of sulfone groups is 1. The number of rotatable bonds is 7. The Bertz CT molecular complexity index is 241. The average molecular weight is 285 g/mol. The van der Waals surface area contributed by atoms with E-state index in [1.165, 1.54) is 6.26 Å². The Balaban J connectivity index is 4.65. The minimum Gasteiger partial charge on any atom is -0.229 e. The van der Waals surface area contributed by atoms with Gasteiger partial charge in [0.05, 0.1) is 5.75 Å². The van der Waals surface area contributed by atoms with Crippen LogP contribution >= 0.6 is 15.9 Å². The van der Waals surface area contributed by atoms with Crippen molar-refractivity contribution in [2.75, 3.05) is 17.3 Å². The highest BCUT2D eigenvalue weighted by Gasteiger charge is 2.31. The lowest BCUT2D eigenvalue weighted by Crippen LogP contribution is -2.31. The van der Waals surface area contributed by atoms with Gasteiger partial charge in [-0.15, -0.1) is 0 Å². The fraction of sp³-hybridized carbons (Fsp3) is 1.00. The number of hydrogen-bond donors (Lipinski definition) is 0. The second-order valence-electron chi connectivity index (χ2n) is 4.20. The van der Waals surface area contributed by atoms with Crippen molar-refractivity contribution in [1.82, 2.24) is 0 Å². The zero-order valence-corrected chi connectivity index (χ0v) is 11.7. The van der Waals surface area contributed by atoms with Crippen molar-refractivity contribution < 1.29 is 8.42 Å². The molecule has 4 heteroatoms. The maximum absolute atomic E-state index is 11.3. The molecular formula is C10H21BrO2S. The molecule has 0 aliphatic carbocycles. The molecule has 2 nitrogen and oxygen atoms in total. The van der Waals surface area contributed by atoms with Crippen LogP contribution in [0.1, 0.15) is 39.5 Å². The summed E-state index contributed by atoms with van der Waals surface area (Å²) >= 11 is 3.46. The molecule has 0 aliphatic heterocycles. The first-order chi connectivity index (χ1) is 6.39. The largest absolute Gasteiger partial charge is 0.229 e. The second kappa shape index (κ2) is 6.11. The SMILES string of the molecule is CCCC(CBr)(CCC)CS(C)(=O)=O. The third-order valence-corrected chi connectivity index (χ3v) is 4.74. The lowest BCUT2D eigenvalue weighted by atomic mass is 9.83. The van der Waals surface area contributed by atoms with Gasteiger partial charge >= 0.3 is 0 Å². The van der Waals surface area contributed by atoms with Gasteiger partial charge in [-0.25, -0.2) is 8.42 Å². The smallest absolute Gasteiger partial charge is 0.148 e. The standard InChI is InChI=1S/C10H21BrO2S/c1-4-6-10(8-11,7-5-2)9-14(3,12)13/h4-9H2,1-3H3. The Morgan fingerprint density at radius 1 is 1.14 bits per heavy atom. The summed E-state index contributed by atoms with van der Waals surface area (Å²) in [6.45, 7) is 4.21. The first kappa shape index (κ1) is 14.4. The van der Waals surface area contributed by atoms with E-state index < -0.39 is 9.84 Å². The molecule has 14 heavy (non-hydrogen) atoms. The van der Waals surface area contributed by atoms with Gasteiger partial charge in [-0.2, -0.15) is 0 Å². The molecule has 0 rings (SSSR count). The normalized spacial score (nSPS) is 13.1. The van der Waals surface area contributed by atoms with Crippen LogP contribution in [0.2, 0.25) is 0 Å². The van der Waals surface area contributed by atoms with E-state index in [1.807, 2.05) is 0 Å². The van der Waals surface area contributed by atoms with Crippen LogP contribution in [0.15, 0.2) is 0 Å². The molecule has 0 aromatic rings. The summed E-state index contributed by atoms with van der Waals surface area (Å²) < 4.78 is 22.7. The van der Waals surface area contributed by atoms with Gasteiger partial charge in [0, 0.05) is 11.6 Å². The van der Waals surface area contributed by atoms with Gasteiger partial charge in [0.2, 0.25) is 0 Å². The molecule has 0 fully saturated rings. The van der Waals surface area contributed by atoms with Crippen LogP contribution in [0.25, 0.3) is 0 Å². The number of hydrogen-bond acceptors (Lipinski definition) is 2. The highest BCUT2D eigenvalue weighted by molar-refractivity contribution is 9.09. The quantitative estimate of drug-likeness (QED) is 0.674. The van der Waals surface area contributed by atoms with Gasteiger partial charge in [-0.1, -0.05) is 42.6 Å². The van der Waals surface area contributed by atoms with Crippen molar-refractivity contribution in [2.45, 2.75) is 39.5 Å². The topological polar surface area (TPSA) is 34.1 Å². The Morgan fingerprint density at radius 3 is 1.79 bits per heavy atom. The van der Waals surface area contributed by atoms with Crippen molar-refractivity contribution in [1.29, 1.82) is 0 Å². The number of alkyl halides is 1. The lowest BCUT2D eigenvalue weighted by Gasteiger charge is -2.30. The molecule has 0 aromatic carbocycles. The Kier molecular flexibility index (Phi) is 6.30. The van der Waals surface area contributed by atoms with Crippen LogP contribution in [0.5, 0.6) is 0 Å². The van der Waals surface area contributed by atoms with E-state index >= 15 is 0 Å². The monoisotopic (exact) mass is 284 g/mol. The maximum atomic E-state index is 11.3. The highest BCUT2D eigenvalue weighted by atomic mass is 79.9. The highest BCUT2D eigenvalue weighted by Crippen LogP contribution is 2.33. The summed E-state index contributed by atoms with van der Waals surface area (Å²) in [4.78, 5) is 0. The molecule has 0 atom stereocenters. The van der Waals surface area contributed by atoms with E-state index in [1.54, 1.807) is 0 Å². The van der Waals surface area contributed by atoms with E-state index in [-0.39, 0.29) is 5.41 Å². The van der Waals surface area contributed by atoms with E-state index in [9.17, 15) is 8.42 Å². The van der Waals surface area contributed by atoms with Crippen LogP contribution in [0, 0.1) is 5.41 Å². The zero-order chi connectivity index (χ0) is 11.2. The van der Waals surface area contributed by atoms with Crippen LogP contribution in [-0.2, 0) is 9.84 Å². The molecule has 0 N–H and O–H groups in total. The average Bonchev–Trinajstić information content (AvgIpc) is 2.02. The first-order valence-electron chi connectivity index (χ1n) is 5.13. The lowest BCUT2D eigenvalue weighted by molar-refractivity contribution is 0.314. The predicted molar refractivity (Wildman–Crippen MR) is 65.8 cm³/mol. The van der Waals surface area contributed by atoms with Crippen molar-refractivity contribution in [3.05, 3.63) is 0 Å². The van der Waals surface area contributed by atoms with Gasteiger partial charge in [0.1, 0.15) is 9.84 Å². The van der Waals surface area contributed by atoms with Crippen molar-refractivity contribution in [3.8, 4) is 0 Å². The van der Waals surface area contributed by atoms with Crippen LogP contribution in [-0.4, -0.2) is 25.8 Å². The van der Waals surface area contributed by atoms with Crippen molar-refractivity contribution in [2.24, 2.45) is 5.41 Å². The van der Waals surface area contributed by atoms with Crippen LogP contribution in [0.4, 0.5) is 0 Å². The molecule has 0 aliphatic rings. The van der Waals surface area contributed by atoms with Gasteiger partial charge in [-0.3, -0.25) is 0 Å². The molecular weight excluding hydrogens is 264 g/mol. The summed E-state index contributed by atoms with van der Waals surface area (Å²) in [5.74, 6) is 0.312. The molecule has 0 unspecified atom stereocenters. The molecule has 0 saturated heterocycles. The van der Waals surface area contributed by atoms with Gasteiger partial charge in [0.25, 0.3) is 0 Å². The minimum absolute atomic E-state index is 0.0446. The van der Waals surface area contributed by atoms with Gasteiger partial charge in [0.15, 0.2) is 0 Å². The summed E-state index contributed by atoms with van der Waals surface area (Å²) in [6.07, 6.45) is 5.39. The summed E-state index contributed by atoms with van der Waals surface area (Å²) in [5, 5.41) is 0.786. The third-order valence-electron chi connectivity index (χ3n) is 2.41. The fourth-order valence-corrected chi connectivity index (χ4v) is 4.58. The molecule has 0 amide bonds. The molecule has 0 bridgehead atoms. The van der Waals surface area contributed by atoms with Crippen molar-refractivity contribution >= 4 is 25.8 Å². The van der Waals surface area contributed by atoms with Gasteiger partial charge in [-0.05, 0) is 18.3 Å². The molecule has 0 heterocycles. The Labute approximate surface area is 96.5 Å². The first-order valence-corrected chi connectivity index (χ1v) is 8.31. The third kappa shape index (κ3) is 5.35. The molecule has 0 radical (unpaired) electrons. The Hall–Kier alpha value is 0.430. The summed E-state index contributed by atoms with van der Waals surface area (Å²) in [6, 6.07) is 0. The summed E-state index contributed by atoms with van der Waals surface area (Å²) in [7, 11) is -2.87. The number of halogens is 1.